The zero-order valence-corrected chi connectivity index (χ0v) is 20.6. The van der Waals surface area contributed by atoms with Gasteiger partial charge in [0.05, 0.1) is 15.5 Å². The number of hydrogen-bond donors (Lipinski definition) is 1. The molecule has 1 N–H and O–H groups in total. The van der Waals surface area contributed by atoms with Crippen molar-refractivity contribution >= 4 is 31.3 Å². The van der Waals surface area contributed by atoms with Gasteiger partial charge >= 0.3 is 0 Å². The highest BCUT2D eigenvalue weighted by Gasteiger charge is 2.19. The lowest BCUT2D eigenvalue weighted by Gasteiger charge is -2.13. The van der Waals surface area contributed by atoms with Gasteiger partial charge in [0.15, 0.2) is 19.7 Å². The van der Waals surface area contributed by atoms with Gasteiger partial charge < -0.3 is 5.32 Å². The molecule has 0 bridgehead atoms. The number of benzene rings is 3. The molecule has 4 rings (SSSR count). The van der Waals surface area contributed by atoms with Crippen molar-refractivity contribution in [2.75, 3.05) is 17.8 Å². The van der Waals surface area contributed by atoms with Crippen molar-refractivity contribution in [3.05, 3.63) is 96.7 Å². The zero-order valence-electron chi connectivity index (χ0n) is 19.0. The molecular weight excluding hydrogens is 484 g/mol. The number of aromatic nitrogens is 1. The number of carbonyl (C=O) groups excluding carboxylic acids is 1. The van der Waals surface area contributed by atoms with E-state index in [0.717, 1.165) is 23.8 Å². The van der Waals surface area contributed by atoms with E-state index in [-0.39, 0.29) is 15.4 Å². The van der Waals surface area contributed by atoms with Crippen LogP contribution in [0.3, 0.4) is 0 Å². The van der Waals surface area contributed by atoms with Crippen LogP contribution < -0.4 is 5.32 Å². The normalized spacial score (nSPS) is 11.7. The summed E-state index contributed by atoms with van der Waals surface area (Å²) >= 11 is 0. The Labute approximate surface area is 204 Å². The fourth-order valence-electron chi connectivity index (χ4n) is 3.57. The Morgan fingerprint density at radius 2 is 1.40 bits per heavy atom. The van der Waals surface area contributed by atoms with Gasteiger partial charge in [-0.1, -0.05) is 30.3 Å². The third-order valence-electron chi connectivity index (χ3n) is 5.32. The highest BCUT2D eigenvalue weighted by Crippen LogP contribution is 2.30. The average molecular weight is 507 g/mol. The van der Waals surface area contributed by atoms with Gasteiger partial charge in [-0.15, -0.1) is 0 Å². The summed E-state index contributed by atoms with van der Waals surface area (Å²) in [5.74, 6) is -0.469. The maximum Gasteiger partial charge on any atom is 0.256 e. The first-order valence-electron chi connectivity index (χ1n) is 10.5. The number of hydrogen-bond acceptors (Lipinski definition) is 6. The monoisotopic (exact) mass is 506 g/mol. The summed E-state index contributed by atoms with van der Waals surface area (Å²) in [5, 5.41) is 2.85. The predicted octanol–water partition coefficient (Wildman–Crippen LogP) is 4.47. The smallest absolute Gasteiger partial charge is 0.256 e. The number of nitrogens with zero attached hydrogens (tertiary/aromatic N) is 1. The molecule has 3 aromatic carbocycles. The van der Waals surface area contributed by atoms with E-state index in [0.29, 0.717) is 16.8 Å². The Balaban J connectivity index is 1.77. The molecule has 1 amide bonds. The first-order chi connectivity index (χ1) is 16.5. The van der Waals surface area contributed by atoms with Crippen LogP contribution in [0.1, 0.15) is 10.4 Å². The SMILES string of the molecule is CS(=O)(=O)c1cccc(-c2cc(S(C)(=O)=O)ccc2C(=O)Nc2cccc(-c3ccccn3)c2)c1. The van der Waals surface area contributed by atoms with E-state index in [1.54, 1.807) is 36.5 Å². The first-order valence-corrected chi connectivity index (χ1v) is 14.3. The Kier molecular flexibility index (Phi) is 6.56. The van der Waals surface area contributed by atoms with Crippen LogP contribution in [0.25, 0.3) is 22.4 Å². The highest BCUT2D eigenvalue weighted by atomic mass is 32.2. The van der Waals surface area contributed by atoms with E-state index in [4.69, 9.17) is 0 Å². The minimum Gasteiger partial charge on any atom is -0.322 e. The number of amides is 1. The second kappa shape index (κ2) is 9.44. The Morgan fingerprint density at radius 1 is 0.714 bits per heavy atom. The summed E-state index contributed by atoms with van der Waals surface area (Å²) in [5.41, 5.74) is 3.01. The fourth-order valence-corrected chi connectivity index (χ4v) is 4.89. The minimum absolute atomic E-state index is 0.0194. The van der Waals surface area contributed by atoms with Gasteiger partial charge in [-0.2, -0.15) is 0 Å². The number of carbonyl (C=O) groups is 1. The van der Waals surface area contributed by atoms with Crippen LogP contribution in [0.4, 0.5) is 5.69 Å². The first kappa shape index (κ1) is 24.3. The van der Waals surface area contributed by atoms with Gasteiger partial charge in [-0.25, -0.2) is 16.8 Å². The summed E-state index contributed by atoms with van der Waals surface area (Å²) in [6, 6.07) is 23.0. The molecule has 178 valence electrons. The van der Waals surface area contributed by atoms with Gasteiger partial charge in [0.2, 0.25) is 0 Å². The highest BCUT2D eigenvalue weighted by molar-refractivity contribution is 7.91. The molecule has 0 aliphatic carbocycles. The molecule has 0 spiro atoms. The van der Waals surface area contributed by atoms with Crippen LogP contribution in [0.5, 0.6) is 0 Å². The molecule has 0 saturated carbocycles. The Hall–Kier alpha value is -3.82. The standard InChI is InChI=1S/C26H22N2O5S2/c1-34(30,31)21-10-6-7-18(16-21)24-17-22(35(2,32)33)12-13-23(24)26(29)28-20-9-5-8-19(15-20)25-11-3-4-14-27-25/h3-17H,1-2H3,(H,28,29). The number of rotatable bonds is 6. The molecule has 4 aromatic rings. The molecule has 0 saturated heterocycles. The van der Waals surface area contributed by atoms with Crippen LogP contribution in [-0.4, -0.2) is 40.2 Å². The third kappa shape index (κ3) is 5.64. The molecule has 0 unspecified atom stereocenters. The minimum atomic E-state index is -3.57. The average Bonchev–Trinajstić information content (AvgIpc) is 2.83. The van der Waals surface area contributed by atoms with Gasteiger partial charge in [0.1, 0.15) is 0 Å². The van der Waals surface area contributed by atoms with Crippen molar-refractivity contribution in [1.29, 1.82) is 0 Å². The molecule has 1 aromatic heterocycles. The van der Waals surface area contributed by atoms with Gasteiger partial charge in [0.25, 0.3) is 5.91 Å². The van der Waals surface area contributed by atoms with Crippen LogP contribution in [0, 0.1) is 0 Å². The Bertz CT molecular complexity index is 1630. The van der Waals surface area contributed by atoms with Gasteiger partial charge in [-0.3, -0.25) is 9.78 Å². The largest absolute Gasteiger partial charge is 0.322 e. The van der Waals surface area contributed by atoms with Crippen LogP contribution in [0.2, 0.25) is 0 Å². The van der Waals surface area contributed by atoms with Crippen molar-refractivity contribution in [2.45, 2.75) is 9.79 Å². The second-order valence-corrected chi connectivity index (χ2v) is 12.1. The summed E-state index contributed by atoms with van der Waals surface area (Å²) < 4.78 is 48.5. The topological polar surface area (TPSA) is 110 Å². The van der Waals surface area contributed by atoms with E-state index in [2.05, 4.69) is 10.3 Å². The summed E-state index contributed by atoms with van der Waals surface area (Å²) in [7, 11) is -7.08. The molecule has 0 atom stereocenters. The molecular formula is C26H22N2O5S2. The van der Waals surface area contributed by atoms with Crippen molar-refractivity contribution in [1.82, 2.24) is 4.98 Å². The lowest BCUT2D eigenvalue weighted by atomic mass is 9.99. The van der Waals surface area contributed by atoms with Crippen LogP contribution in [0.15, 0.2) is 101 Å². The molecule has 0 fully saturated rings. The number of anilines is 1. The molecule has 1 heterocycles. The molecule has 9 heteroatoms. The number of sulfone groups is 2. The van der Waals surface area contributed by atoms with E-state index in [1.807, 2.05) is 24.3 Å². The van der Waals surface area contributed by atoms with E-state index in [9.17, 15) is 21.6 Å². The summed E-state index contributed by atoms with van der Waals surface area (Å²) in [6.07, 6.45) is 3.84. The maximum atomic E-state index is 13.3. The van der Waals surface area contributed by atoms with E-state index in [1.165, 1.54) is 30.3 Å². The van der Waals surface area contributed by atoms with Crippen LogP contribution in [-0.2, 0) is 19.7 Å². The third-order valence-corrected chi connectivity index (χ3v) is 7.54. The Morgan fingerprint density at radius 3 is 2.09 bits per heavy atom. The van der Waals surface area contributed by atoms with E-state index >= 15 is 0 Å². The van der Waals surface area contributed by atoms with E-state index < -0.39 is 25.6 Å². The quantitative estimate of drug-likeness (QED) is 0.413. The van der Waals surface area contributed by atoms with Crippen molar-refractivity contribution in [3.63, 3.8) is 0 Å². The summed E-state index contributed by atoms with van der Waals surface area (Å²) in [6.45, 7) is 0. The zero-order chi connectivity index (χ0) is 25.2. The summed E-state index contributed by atoms with van der Waals surface area (Å²) in [4.78, 5) is 17.7. The molecule has 0 aliphatic heterocycles. The molecule has 0 radical (unpaired) electrons. The fraction of sp³-hybridized carbons (Fsp3) is 0.0769. The second-order valence-electron chi connectivity index (χ2n) is 8.03. The molecule has 35 heavy (non-hydrogen) atoms. The predicted molar refractivity (Wildman–Crippen MR) is 136 cm³/mol. The van der Waals surface area contributed by atoms with Crippen molar-refractivity contribution in [3.8, 4) is 22.4 Å². The molecule has 7 nitrogen and oxygen atoms in total. The van der Waals surface area contributed by atoms with Crippen molar-refractivity contribution < 1.29 is 21.6 Å². The maximum absolute atomic E-state index is 13.3. The lowest BCUT2D eigenvalue weighted by molar-refractivity contribution is 0.102. The van der Waals surface area contributed by atoms with Crippen LogP contribution >= 0.6 is 0 Å². The molecule has 0 aliphatic rings. The van der Waals surface area contributed by atoms with Gasteiger partial charge in [-0.05, 0) is 65.7 Å². The number of pyridine rings is 1. The number of nitrogens with one attached hydrogen (secondary N) is 1. The lowest BCUT2D eigenvalue weighted by Crippen LogP contribution is -2.14. The van der Waals surface area contributed by atoms with Gasteiger partial charge in [0, 0.05) is 35.5 Å². The van der Waals surface area contributed by atoms with Crippen molar-refractivity contribution in [2.24, 2.45) is 0 Å².